The number of unbranched alkanes of at least 4 members (excludes halogenated alkanes) is 3. The third-order valence-electron chi connectivity index (χ3n) is 0.882. The Labute approximate surface area is 98.3 Å². The minimum Gasteiger partial charge on any atom is -0.542 e. The first-order valence-electron chi connectivity index (χ1n) is 3.47. The van der Waals surface area contributed by atoms with Crippen LogP contribution in [0.1, 0.15) is 39.5 Å². The second-order valence-electron chi connectivity index (χ2n) is 1.81. The van der Waals surface area contributed by atoms with Gasteiger partial charge in [0.2, 0.25) is 0 Å². The Hall–Kier alpha value is 0.587. The summed E-state index contributed by atoms with van der Waals surface area (Å²) in [6.45, 7) is 3.44. The van der Waals surface area contributed by atoms with Crippen LogP contribution in [0.3, 0.4) is 0 Å². The Bertz CT molecular complexity index is 74.5. The number of rotatable bonds is 4. The standard InChI is InChI=1S/C6H11O.C2H3O.Er/c1-2-3-4-5-6-7;1-2-3;/h2-5H2,1H3;1H3;/q2*-1;. The van der Waals surface area contributed by atoms with Gasteiger partial charge in [0.1, 0.15) is 0 Å². The zero-order valence-electron chi connectivity index (χ0n) is 6.93. The van der Waals surface area contributed by atoms with Crippen molar-refractivity contribution in [1.29, 1.82) is 0 Å². The molecule has 0 heterocycles. The largest absolute Gasteiger partial charge is 0.542 e. The predicted molar refractivity (Wildman–Crippen MR) is 41.2 cm³/mol. The Morgan fingerprint density at radius 2 is 1.64 bits per heavy atom. The van der Waals surface area contributed by atoms with E-state index in [-0.39, 0.29) is 37.3 Å². The molecule has 0 atom stereocenters. The molecule has 0 aromatic carbocycles. The molecule has 0 radical (unpaired) electrons. The van der Waals surface area contributed by atoms with Crippen LogP contribution in [0.15, 0.2) is 0 Å². The topological polar surface area (TPSA) is 34.1 Å². The van der Waals surface area contributed by atoms with Gasteiger partial charge in [-0.05, 0) is 0 Å². The van der Waals surface area contributed by atoms with Gasteiger partial charge in [-0.25, -0.2) is 0 Å². The van der Waals surface area contributed by atoms with Gasteiger partial charge in [0.15, 0.2) is 0 Å². The molecule has 0 aliphatic carbocycles. The predicted octanol–water partition coefficient (Wildman–Crippen LogP) is 1.79. The first-order valence-corrected chi connectivity index (χ1v) is 3.47. The molecule has 0 aliphatic heterocycles. The van der Waals surface area contributed by atoms with Gasteiger partial charge in [0, 0.05) is 37.3 Å². The Morgan fingerprint density at radius 1 is 1.18 bits per heavy atom. The van der Waals surface area contributed by atoms with E-state index in [1.165, 1.54) is 19.6 Å². The Kier molecular flexibility index (Phi) is 35.9. The van der Waals surface area contributed by atoms with Crippen molar-refractivity contribution in [1.82, 2.24) is 0 Å². The molecule has 2 nitrogen and oxygen atoms in total. The third-order valence-corrected chi connectivity index (χ3v) is 0.882. The van der Waals surface area contributed by atoms with E-state index in [4.69, 9.17) is 4.79 Å². The molecular weight excluding hydrogens is 295 g/mol. The summed E-state index contributed by atoms with van der Waals surface area (Å²) in [6, 6.07) is 0. The van der Waals surface area contributed by atoms with Crippen molar-refractivity contribution in [2.45, 2.75) is 39.5 Å². The van der Waals surface area contributed by atoms with E-state index >= 15 is 0 Å². The van der Waals surface area contributed by atoms with E-state index in [2.05, 4.69) is 6.92 Å². The van der Waals surface area contributed by atoms with Gasteiger partial charge >= 0.3 is 0 Å². The van der Waals surface area contributed by atoms with Crippen molar-refractivity contribution in [3.8, 4) is 0 Å². The summed E-state index contributed by atoms with van der Waals surface area (Å²) in [7, 11) is 0. The molecule has 0 unspecified atom stereocenters. The Morgan fingerprint density at radius 3 is 1.91 bits per heavy atom. The maximum atomic E-state index is 9.55. The van der Waals surface area contributed by atoms with Crippen LogP contribution < -0.4 is 0 Å². The van der Waals surface area contributed by atoms with Gasteiger partial charge in [-0.3, -0.25) is 12.6 Å². The monoisotopic (exact) mass is 308 g/mol. The number of hydrogen-bond acceptors (Lipinski definition) is 2. The molecule has 11 heavy (non-hydrogen) atoms. The molecule has 0 fully saturated rings. The van der Waals surface area contributed by atoms with Crippen molar-refractivity contribution in [3.63, 3.8) is 0 Å². The van der Waals surface area contributed by atoms with Gasteiger partial charge in [-0.15, -0.1) is 0 Å². The van der Waals surface area contributed by atoms with E-state index in [1.54, 1.807) is 0 Å². The zero-order valence-corrected chi connectivity index (χ0v) is 8.79. The third kappa shape index (κ3) is 37.1. The first-order chi connectivity index (χ1) is 4.83. The summed E-state index contributed by atoms with van der Waals surface area (Å²) in [5, 5.41) is 0. The van der Waals surface area contributed by atoms with E-state index in [9.17, 15) is 4.79 Å². The summed E-state index contributed by atoms with van der Waals surface area (Å²) < 4.78 is 0. The molecule has 0 saturated heterocycles. The molecule has 72 valence electrons. The fourth-order valence-corrected chi connectivity index (χ4v) is 0.447. The molecule has 0 amide bonds. The van der Waals surface area contributed by atoms with Gasteiger partial charge in [-0.2, -0.15) is 13.3 Å². The molecule has 0 aromatic rings. The fourth-order valence-electron chi connectivity index (χ4n) is 0.447. The van der Waals surface area contributed by atoms with E-state index < -0.39 is 0 Å². The van der Waals surface area contributed by atoms with Crippen LogP contribution in [0.5, 0.6) is 0 Å². The molecule has 0 rings (SSSR count). The van der Waals surface area contributed by atoms with E-state index in [0.29, 0.717) is 6.42 Å². The van der Waals surface area contributed by atoms with Crippen molar-refractivity contribution in [2.24, 2.45) is 0 Å². The molecule has 0 saturated carbocycles. The van der Waals surface area contributed by atoms with Crippen LogP contribution in [-0.2, 0) is 9.59 Å². The summed E-state index contributed by atoms with van der Waals surface area (Å²) in [5.41, 5.74) is 0. The molecular formula is C8H14ErO2-2. The van der Waals surface area contributed by atoms with E-state index in [1.807, 2.05) is 6.29 Å². The van der Waals surface area contributed by atoms with Crippen molar-refractivity contribution in [3.05, 3.63) is 0 Å². The maximum absolute atomic E-state index is 9.55. The van der Waals surface area contributed by atoms with Crippen molar-refractivity contribution >= 4 is 12.6 Å². The first kappa shape index (κ1) is 17.6. The normalized spacial score (nSPS) is 6.73. The summed E-state index contributed by atoms with van der Waals surface area (Å²) in [4.78, 5) is 18.2. The SMILES string of the molecule is CCCCC[C-]=O.C[C-]=O.[Er]. The molecule has 0 aliphatic rings. The fraction of sp³-hybridized carbons (Fsp3) is 0.750. The number of carbonyl (C=O) groups excluding carboxylic acids is 2. The molecule has 0 aromatic heterocycles. The molecule has 0 spiro atoms. The molecule has 0 bridgehead atoms. The van der Waals surface area contributed by atoms with Crippen LogP contribution in [0.2, 0.25) is 0 Å². The molecule has 0 N–H and O–H groups in total. The molecule has 3 heteroatoms. The van der Waals surface area contributed by atoms with Crippen LogP contribution >= 0.6 is 0 Å². The minimum absolute atomic E-state index is 0. The van der Waals surface area contributed by atoms with Crippen LogP contribution in [0.25, 0.3) is 0 Å². The summed E-state index contributed by atoms with van der Waals surface area (Å²) in [5.74, 6) is 0. The quantitative estimate of drug-likeness (QED) is 0.586. The Balaban J connectivity index is -0.000000140. The minimum atomic E-state index is 0. The summed E-state index contributed by atoms with van der Waals surface area (Å²) in [6.07, 6.45) is 7.33. The van der Waals surface area contributed by atoms with Gasteiger partial charge in [-0.1, -0.05) is 26.2 Å². The van der Waals surface area contributed by atoms with Crippen LogP contribution in [-0.4, -0.2) is 12.6 Å². The second-order valence-corrected chi connectivity index (χ2v) is 1.81. The van der Waals surface area contributed by atoms with Crippen molar-refractivity contribution < 1.29 is 46.9 Å². The average molecular weight is 309 g/mol. The smallest absolute Gasteiger partial charge is 0 e. The average Bonchev–Trinajstić information content (AvgIpc) is 1.91. The van der Waals surface area contributed by atoms with Gasteiger partial charge < -0.3 is 9.59 Å². The second kappa shape index (κ2) is 22.4. The van der Waals surface area contributed by atoms with Crippen molar-refractivity contribution in [2.75, 3.05) is 0 Å². The van der Waals surface area contributed by atoms with Gasteiger partial charge in [0.25, 0.3) is 0 Å². The number of hydrogen-bond donors (Lipinski definition) is 0. The van der Waals surface area contributed by atoms with Gasteiger partial charge in [0.05, 0.1) is 0 Å². The van der Waals surface area contributed by atoms with Crippen LogP contribution in [0.4, 0.5) is 0 Å². The maximum Gasteiger partial charge on any atom is 0 e. The van der Waals surface area contributed by atoms with E-state index in [0.717, 1.165) is 12.8 Å². The van der Waals surface area contributed by atoms with Crippen LogP contribution in [0, 0.1) is 37.3 Å². The zero-order chi connectivity index (χ0) is 8.24. The summed E-state index contributed by atoms with van der Waals surface area (Å²) >= 11 is 0.